The van der Waals surface area contributed by atoms with E-state index in [9.17, 15) is 14.4 Å². The number of hydrogen-bond acceptors (Lipinski definition) is 4. The van der Waals surface area contributed by atoms with Gasteiger partial charge < -0.3 is 20.6 Å². The predicted octanol–water partition coefficient (Wildman–Crippen LogP) is -0.156. The zero-order valence-electron chi connectivity index (χ0n) is 13.7. The standard InChI is InChI=1S/C15H26N4O4/c1-3-18(9-14(21)22)12-5-10(6-12)16-15(23)17-11-7-13(20)19(4-2)8-11/h10-12H,3-9H2,1-2H3,(H,21,22)(H2,16,17,23). The van der Waals surface area contributed by atoms with Crippen molar-refractivity contribution >= 4 is 17.9 Å². The SMILES string of the molecule is CCN1CC(NC(=O)NC2CC(N(CC)CC(=O)O)C2)CC1=O. The van der Waals surface area contributed by atoms with E-state index in [-0.39, 0.29) is 36.6 Å². The van der Waals surface area contributed by atoms with Gasteiger partial charge in [0.1, 0.15) is 0 Å². The fourth-order valence-electron chi connectivity index (χ4n) is 3.26. The van der Waals surface area contributed by atoms with Crippen LogP contribution in [0.1, 0.15) is 33.1 Å². The number of nitrogens with zero attached hydrogens (tertiary/aromatic N) is 2. The van der Waals surface area contributed by atoms with Gasteiger partial charge in [-0.15, -0.1) is 0 Å². The Morgan fingerprint density at radius 1 is 1.26 bits per heavy atom. The molecular formula is C15H26N4O4. The number of carboxylic acid groups (broad SMARTS) is 1. The van der Waals surface area contributed by atoms with Crippen LogP contribution in [0.15, 0.2) is 0 Å². The Kier molecular flexibility index (Phi) is 5.81. The van der Waals surface area contributed by atoms with Gasteiger partial charge >= 0.3 is 12.0 Å². The van der Waals surface area contributed by atoms with E-state index in [2.05, 4.69) is 10.6 Å². The lowest BCUT2D eigenvalue weighted by atomic mass is 9.85. The first-order valence-corrected chi connectivity index (χ1v) is 8.23. The Bertz CT molecular complexity index is 464. The Morgan fingerprint density at radius 2 is 1.91 bits per heavy atom. The maximum Gasteiger partial charge on any atom is 0.317 e. The molecule has 0 radical (unpaired) electrons. The largest absolute Gasteiger partial charge is 0.480 e. The molecule has 23 heavy (non-hydrogen) atoms. The fourth-order valence-corrected chi connectivity index (χ4v) is 3.26. The first-order valence-electron chi connectivity index (χ1n) is 8.23. The number of likely N-dealkylation sites (N-methyl/N-ethyl adjacent to an activating group) is 2. The quantitative estimate of drug-likeness (QED) is 0.603. The first kappa shape index (κ1) is 17.5. The first-order chi connectivity index (χ1) is 10.9. The molecule has 0 bridgehead atoms. The second-order valence-electron chi connectivity index (χ2n) is 6.23. The van der Waals surface area contributed by atoms with Crippen LogP contribution < -0.4 is 10.6 Å². The summed E-state index contributed by atoms with van der Waals surface area (Å²) < 4.78 is 0. The van der Waals surface area contributed by atoms with Crippen LogP contribution >= 0.6 is 0 Å². The number of likely N-dealkylation sites (tertiary alicyclic amines) is 1. The molecule has 1 unspecified atom stereocenters. The van der Waals surface area contributed by atoms with Crippen molar-refractivity contribution in [2.75, 3.05) is 26.2 Å². The minimum Gasteiger partial charge on any atom is -0.480 e. The summed E-state index contributed by atoms with van der Waals surface area (Å²) in [5.74, 6) is -0.749. The highest BCUT2D eigenvalue weighted by atomic mass is 16.4. The van der Waals surface area contributed by atoms with Gasteiger partial charge in [0.05, 0.1) is 12.6 Å². The molecule has 1 atom stereocenters. The Balaban J connectivity index is 1.68. The van der Waals surface area contributed by atoms with Crippen LogP contribution in [-0.2, 0) is 9.59 Å². The highest BCUT2D eigenvalue weighted by molar-refractivity contribution is 5.81. The van der Waals surface area contributed by atoms with Gasteiger partial charge in [-0.2, -0.15) is 0 Å². The minimum atomic E-state index is -0.826. The zero-order chi connectivity index (χ0) is 17.0. The average Bonchev–Trinajstić information content (AvgIpc) is 2.79. The fraction of sp³-hybridized carbons (Fsp3) is 0.800. The summed E-state index contributed by atoms with van der Waals surface area (Å²) in [7, 11) is 0. The van der Waals surface area contributed by atoms with Gasteiger partial charge in [0.15, 0.2) is 0 Å². The molecule has 0 aromatic carbocycles. The summed E-state index contributed by atoms with van der Waals surface area (Å²) in [5.41, 5.74) is 0. The van der Waals surface area contributed by atoms with E-state index in [1.54, 1.807) is 4.90 Å². The van der Waals surface area contributed by atoms with E-state index >= 15 is 0 Å². The van der Waals surface area contributed by atoms with Crippen LogP contribution in [0.5, 0.6) is 0 Å². The zero-order valence-corrected chi connectivity index (χ0v) is 13.7. The Morgan fingerprint density at radius 3 is 2.43 bits per heavy atom. The third-order valence-electron chi connectivity index (χ3n) is 4.64. The third kappa shape index (κ3) is 4.57. The molecule has 1 aliphatic heterocycles. The number of rotatable bonds is 7. The molecule has 1 aliphatic carbocycles. The highest BCUT2D eigenvalue weighted by Gasteiger charge is 2.35. The number of aliphatic carboxylic acids is 1. The van der Waals surface area contributed by atoms with Gasteiger partial charge in [0.2, 0.25) is 5.91 Å². The molecule has 1 saturated carbocycles. The normalized spacial score (nSPS) is 27.0. The van der Waals surface area contributed by atoms with Crippen molar-refractivity contribution in [1.82, 2.24) is 20.4 Å². The summed E-state index contributed by atoms with van der Waals surface area (Å²) in [6.45, 7) is 5.82. The van der Waals surface area contributed by atoms with Crippen LogP contribution in [0.4, 0.5) is 4.79 Å². The summed E-state index contributed by atoms with van der Waals surface area (Å²) >= 11 is 0. The van der Waals surface area contributed by atoms with Crippen molar-refractivity contribution in [3.63, 3.8) is 0 Å². The molecule has 2 fully saturated rings. The van der Waals surface area contributed by atoms with E-state index < -0.39 is 5.97 Å². The molecular weight excluding hydrogens is 300 g/mol. The van der Waals surface area contributed by atoms with Gasteiger partial charge in [-0.3, -0.25) is 14.5 Å². The van der Waals surface area contributed by atoms with Crippen molar-refractivity contribution < 1.29 is 19.5 Å². The van der Waals surface area contributed by atoms with E-state index in [1.165, 1.54) is 0 Å². The van der Waals surface area contributed by atoms with Gasteiger partial charge in [-0.05, 0) is 26.3 Å². The van der Waals surface area contributed by atoms with E-state index in [0.29, 0.717) is 26.1 Å². The van der Waals surface area contributed by atoms with Crippen molar-refractivity contribution in [1.29, 1.82) is 0 Å². The number of carbonyl (C=O) groups excluding carboxylic acids is 2. The number of carbonyl (C=O) groups is 3. The number of urea groups is 1. The second kappa shape index (κ2) is 7.63. The van der Waals surface area contributed by atoms with E-state index in [0.717, 1.165) is 12.8 Å². The number of carboxylic acids is 1. The van der Waals surface area contributed by atoms with Crippen LogP contribution in [-0.4, -0.2) is 77.1 Å². The molecule has 1 heterocycles. The molecule has 2 rings (SSSR count). The summed E-state index contributed by atoms with van der Waals surface area (Å²) in [5, 5.41) is 14.6. The molecule has 3 amide bonds. The monoisotopic (exact) mass is 326 g/mol. The molecule has 8 heteroatoms. The minimum absolute atomic E-state index is 0.0388. The van der Waals surface area contributed by atoms with E-state index in [4.69, 9.17) is 5.11 Å². The van der Waals surface area contributed by atoms with E-state index in [1.807, 2.05) is 18.7 Å². The molecule has 3 N–H and O–H groups in total. The lowest BCUT2D eigenvalue weighted by Crippen LogP contribution is -2.57. The molecule has 1 saturated heterocycles. The smallest absolute Gasteiger partial charge is 0.317 e. The lowest BCUT2D eigenvalue weighted by molar-refractivity contribution is -0.139. The average molecular weight is 326 g/mol. The number of amides is 3. The van der Waals surface area contributed by atoms with Crippen molar-refractivity contribution in [3.8, 4) is 0 Å². The maximum atomic E-state index is 12.0. The van der Waals surface area contributed by atoms with Crippen LogP contribution in [0, 0.1) is 0 Å². The molecule has 130 valence electrons. The predicted molar refractivity (Wildman–Crippen MR) is 84.0 cm³/mol. The molecule has 0 spiro atoms. The van der Waals surface area contributed by atoms with Gasteiger partial charge in [-0.25, -0.2) is 4.79 Å². The molecule has 0 aromatic heterocycles. The summed E-state index contributed by atoms with van der Waals surface area (Å²) in [6, 6.07) is -0.0878. The second-order valence-corrected chi connectivity index (χ2v) is 6.23. The van der Waals surface area contributed by atoms with Crippen molar-refractivity contribution in [2.45, 2.75) is 51.2 Å². The molecule has 2 aliphatic rings. The molecule has 8 nitrogen and oxygen atoms in total. The van der Waals surface area contributed by atoms with Crippen LogP contribution in [0.3, 0.4) is 0 Å². The van der Waals surface area contributed by atoms with Crippen molar-refractivity contribution in [3.05, 3.63) is 0 Å². The van der Waals surface area contributed by atoms with Crippen LogP contribution in [0.25, 0.3) is 0 Å². The maximum absolute atomic E-state index is 12.0. The van der Waals surface area contributed by atoms with Gasteiger partial charge in [0, 0.05) is 31.6 Å². The highest BCUT2D eigenvalue weighted by Crippen LogP contribution is 2.25. The van der Waals surface area contributed by atoms with Crippen molar-refractivity contribution in [2.24, 2.45) is 0 Å². The summed E-state index contributed by atoms with van der Waals surface area (Å²) in [4.78, 5) is 38.0. The summed E-state index contributed by atoms with van der Waals surface area (Å²) in [6.07, 6.45) is 1.88. The lowest BCUT2D eigenvalue weighted by Gasteiger charge is -2.42. The van der Waals surface area contributed by atoms with Crippen LogP contribution in [0.2, 0.25) is 0 Å². The Labute approximate surface area is 136 Å². The van der Waals surface area contributed by atoms with Gasteiger partial charge in [0.25, 0.3) is 0 Å². The Hall–Kier alpha value is -1.83. The number of hydrogen-bond donors (Lipinski definition) is 3. The third-order valence-corrected chi connectivity index (χ3v) is 4.64. The number of nitrogens with one attached hydrogen (secondary N) is 2. The molecule has 0 aromatic rings. The van der Waals surface area contributed by atoms with Gasteiger partial charge in [-0.1, -0.05) is 6.92 Å². The topological polar surface area (TPSA) is 102 Å².